The number of carbonyl (C=O) groups is 2. The van der Waals surface area contributed by atoms with Crippen molar-refractivity contribution in [1.29, 1.82) is 0 Å². The van der Waals surface area contributed by atoms with Gasteiger partial charge >= 0.3 is 0 Å². The first-order valence-corrected chi connectivity index (χ1v) is 7.81. The van der Waals surface area contributed by atoms with E-state index in [1.165, 1.54) is 0 Å². The van der Waals surface area contributed by atoms with Crippen molar-refractivity contribution < 1.29 is 9.59 Å². The molecular formula is C17H16Cl2N2O2. The quantitative estimate of drug-likeness (QED) is 0.863. The maximum Gasteiger partial charge on any atom is 0.246 e. The third-order valence-electron chi connectivity index (χ3n) is 3.21. The van der Waals surface area contributed by atoms with Gasteiger partial charge in [-0.05, 0) is 36.8 Å². The normalized spacial score (nSPS) is 11.6. The third kappa shape index (κ3) is 4.98. The summed E-state index contributed by atoms with van der Waals surface area (Å²) in [5.74, 6) is -0.620. The second-order valence-corrected chi connectivity index (χ2v) is 5.84. The van der Waals surface area contributed by atoms with Crippen LogP contribution in [0.15, 0.2) is 48.5 Å². The molecule has 0 aliphatic carbocycles. The van der Waals surface area contributed by atoms with Crippen LogP contribution < -0.4 is 10.6 Å². The second-order valence-electron chi connectivity index (χ2n) is 5.02. The van der Waals surface area contributed by atoms with Gasteiger partial charge in [-0.15, -0.1) is 0 Å². The van der Waals surface area contributed by atoms with E-state index in [1.54, 1.807) is 37.3 Å². The van der Waals surface area contributed by atoms with Crippen molar-refractivity contribution in [3.63, 3.8) is 0 Å². The highest BCUT2D eigenvalue weighted by atomic mass is 35.5. The Labute approximate surface area is 144 Å². The number of rotatable bonds is 5. The highest BCUT2D eigenvalue weighted by molar-refractivity contribution is 6.36. The molecule has 6 heteroatoms. The summed E-state index contributed by atoms with van der Waals surface area (Å²) in [4.78, 5) is 24.1. The van der Waals surface area contributed by atoms with Crippen molar-refractivity contribution in [3.8, 4) is 0 Å². The predicted octanol–water partition coefficient (Wildman–Crippen LogP) is 3.68. The fourth-order valence-corrected chi connectivity index (χ4v) is 2.52. The van der Waals surface area contributed by atoms with Gasteiger partial charge < -0.3 is 10.6 Å². The average molecular weight is 351 g/mol. The van der Waals surface area contributed by atoms with E-state index in [4.69, 9.17) is 23.2 Å². The molecule has 0 saturated carbocycles. The van der Waals surface area contributed by atoms with Gasteiger partial charge in [0.2, 0.25) is 11.8 Å². The first kappa shape index (κ1) is 17.3. The van der Waals surface area contributed by atoms with E-state index in [9.17, 15) is 9.59 Å². The lowest BCUT2D eigenvalue weighted by Gasteiger charge is -2.15. The Balaban J connectivity index is 1.93. The molecule has 0 aliphatic rings. The average Bonchev–Trinajstić information content (AvgIpc) is 2.52. The van der Waals surface area contributed by atoms with Crippen LogP contribution in [0.25, 0.3) is 0 Å². The van der Waals surface area contributed by atoms with Crippen LogP contribution in [0.4, 0.5) is 5.69 Å². The number of para-hydroxylation sites is 1. The number of carbonyl (C=O) groups excluding carboxylic acids is 2. The largest absolute Gasteiger partial charge is 0.344 e. The lowest BCUT2D eigenvalue weighted by Crippen LogP contribution is -2.42. The monoisotopic (exact) mass is 350 g/mol. The molecule has 0 spiro atoms. The molecule has 2 rings (SSSR count). The molecule has 0 heterocycles. The van der Waals surface area contributed by atoms with Gasteiger partial charge in [0, 0.05) is 15.7 Å². The van der Waals surface area contributed by atoms with Crippen molar-refractivity contribution in [1.82, 2.24) is 5.32 Å². The van der Waals surface area contributed by atoms with Crippen molar-refractivity contribution >= 4 is 40.7 Å². The summed E-state index contributed by atoms with van der Waals surface area (Å²) >= 11 is 12.1. The lowest BCUT2D eigenvalue weighted by atomic mass is 10.1. The van der Waals surface area contributed by atoms with Crippen LogP contribution >= 0.6 is 23.2 Å². The highest BCUT2D eigenvalue weighted by Gasteiger charge is 2.17. The van der Waals surface area contributed by atoms with E-state index in [-0.39, 0.29) is 18.2 Å². The van der Waals surface area contributed by atoms with Gasteiger partial charge in [0.05, 0.1) is 6.42 Å². The van der Waals surface area contributed by atoms with Crippen LogP contribution in [0.3, 0.4) is 0 Å². The summed E-state index contributed by atoms with van der Waals surface area (Å²) < 4.78 is 0. The minimum absolute atomic E-state index is 0.0153. The number of hydrogen-bond donors (Lipinski definition) is 2. The van der Waals surface area contributed by atoms with Crippen molar-refractivity contribution in [2.45, 2.75) is 19.4 Å². The molecule has 0 radical (unpaired) electrons. The number of halogens is 2. The maximum atomic E-state index is 12.1. The van der Waals surface area contributed by atoms with Crippen molar-refractivity contribution in [3.05, 3.63) is 64.1 Å². The lowest BCUT2D eigenvalue weighted by molar-refractivity contribution is -0.125. The number of anilines is 1. The molecular weight excluding hydrogens is 335 g/mol. The molecule has 0 bridgehead atoms. The van der Waals surface area contributed by atoms with Gasteiger partial charge in [-0.25, -0.2) is 0 Å². The molecule has 4 nitrogen and oxygen atoms in total. The number of hydrogen-bond acceptors (Lipinski definition) is 2. The summed E-state index contributed by atoms with van der Waals surface area (Å²) in [6, 6.07) is 13.4. The molecule has 0 fully saturated rings. The van der Waals surface area contributed by atoms with Gasteiger partial charge in [-0.3, -0.25) is 9.59 Å². The molecule has 1 unspecified atom stereocenters. The van der Waals surface area contributed by atoms with E-state index >= 15 is 0 Å². The van der Waals surface area contributed by atoms with Crippen LogP contribution in [-0.2, 0) is 16.0 Å². The third-order valence-corrected chi connectivity index (χ3v) is 3.92. The molecule has 2 N–H and O–H groups in total. The second kappa shape index (κ2) is 7.99. The molecule has 2 amide bonds. The Hall–Kier alpha value is -2.04. The Morgan fingerprint density at radius 2 is 1.61 bits per heavy atom. The summed E-state index contributed by atoms with van der Waals surface area (Å²) in [6.45, 7) is 1.62. The summed E-state index contributed by atoms with van der Waals surface area (Å²) in [6.07, 6.45) is 0.0153. The first-order chi connectivity index (χ1) is 11.0. The van der Waals surface area contributed by atoms with Gasteiger partial charge in [0.1, 0.15) is 6.04 Å². The molecule has 2 aromatic rings. The summed E-state index contributed by atoms with van der Waals surface area (Å²) in [5, 5.41) is 6.21. The molecule has 0 aliphatic heterocycles. The van der Waals surface area contributed by atoms with E-state index in [1.807, 2.05) is 18.2 Å². The Bertz CT molecular complexity index is 685. The zero-order valence-electron chi connectivity index (χ0n) is 12.5. The van der Waals surface area contributed by atoms with E-state index < -0.39 is 6.04 Å². The zero-order valence-corrected chi connectivity index (χ0v) is 14.0. The zero-order chi connectivity index (χ0) is 16.8. The molecule has 120 valence electrons. The molecule has 1 atom stereocenters. The number of benzene rings is 2. The van der Waals surface area contributed by atoms with Gasteiger partial charge in [-0.1, -0.05) is 47.5 Å². The summed E-state index contributed by atoms with van der Waals surface area (Å²) in [7, 11) is 0. The minimum Gasteiger partial charge on any atom is -0.344 e. The van der Waals surface area contributed by atoms with Crippen LogP contribution in [0.1, 0.15) is 12.5 Å². The van der Waals surface area contributed by atoms with Gasteiger partial charge in [0.15, 0.2) is 0 Å². The van der Waals surface area contributed by atoms with E-state index in [0.717, 1.165) is 0 Å². The minimum atomic E-state index is -0.677. The standard InChI is InChI=1S/C17H16Cl2N2O2/c1-11(17(23)21-12-6-3-2-4-7-12)20-16(22)10-13-14(18)8-5-9-15(13)19/h2-9,11H,10H2,1H3,(H,20,22)(H,21,23). The van der Waals surface area contributed by atoms with Gasteiger partial charge in [0.25, 0.3) is 0 Å². The molecule has 0 saturated heterocycles. The van der Waals surface area contributed by atoms with E-state index in [0.29, 0.717) is 21.3 Å². The van der Waals surface area contributed by atoms with Crippen LogP contribution in [0.5, 0.6) is 0 Å². The topological polar surface area (TPSA) is 58.2 Å². The summed E-state index contributed by atoms with van der Waals surface area (Å²) in [5.41, 5.74) is 1.22. The molecule has 0 aromatic heterocycles. The van der Waals surface area contributed by atoms with Crippen LogP contribution in [-0.4, -0.2) is 17.9 Å². The van der Waals surface area contributed by atoms with Crippen molar-refractivity contribution in [2.75, 3.05) is 5.32 Å². The predicted molar refractivity (Wildman–Crippen MR) is 92.8 cm³/mol. The fourth-order valence-electron chi connectivity index (χ4n) is 1.99. The smallest absolute Gasteiger partial charge is 0.246 e. The maximum absolute atomic E-state index is 12.1. The van der Waals surface area contributed by atoms with Crippen molar-refractivity contribution in [2.24, 2.45) is 0 Å². The number of amides is 2. The van der Waals surface area contributed by atoms with E-state index in [2.05, 4.69) is 10.6 Å². The van der Waals surface area contributed by atoms with Crippen LogP contribution in [0.2, 0.25) is 10.0 Å². The SMILES string of the molecule is CC(NC(=O)Cc1c(Cl)cccc1Cl)C(=O)Nc1ccccc1. The Morgan fingerprint density at radius 3 is 2.22 bits per heavy atom. The van der Waals surface area contributed by atoms with Crippen LogP contribution in [0, 0.1) is 0 Å². The Morgan fingerprint density at radius 1 is 1.00 bits per heavy atom. The molecule has 23 heavy (non-hydrogen) atoms. The van der Waals surface area contributed by atoms with Gasteiger partial charge in [-0.2, -0.15) is 0 Å². The highest BCUT2D eigenvalue weighted by Crippen LogP contribution is 2.24. The number of nitrogens with one attached hydrogen (secondary N) is 2. The first-order valence-electron chi connectivity index (χ1n) is 7.05. The fraction of sp³-hybridized carbons (Fsp3) is 0.176. The molecule has 2 aromatic carbocycles. The Kier molecular flexibility index (Phi) is 6.02.